The summed E-state index contributed by atoms with van der Waals surface area (Å²) in [6.45, 7) is 7.10. The topological polar surface area (TPSA) is 131 Å². The van der Waals surface area contributed by atoms with Gasteiger partial charge in [-0.3, -0.25) is 9.59 Å². The number of fused-ring (bicyclic) bond motifs is 1. The van der Waals surface area contributed by atoms with Crippen molar-refractivity contribution in [2.75, 3.05) is 25.0 Å². The molecule has 13 heteroatoms. The van der Waals surface area contributed by atoms with Crippen molar-refractivity contribution in [2.45, 2.75) is 65.5 Å². The molecule has 0 aliphatic carbocycles. The van der Waals surface area contributed by atoms with E-state index in [1.165, 1.54) is 23.0 Å². The number of carbonyl (C=O) groups is 3. The van der Waals surface area contributed by atoms with Gasteiger partial charge in [0.15, 0.2) is 11.4 Å². The van der Waals surface area contributed by atoms with E-state index >= 15 is 0 Å². The number of hydrogen-bond acceptors (Lipinski definition) is 9. The average Bonchev–Trinajstić information content (AvgIpc) is 3.42. The van der Waals surface area contributed by atoms with Crippen LogP contribution in [0.15, 0.2) is 30.7 Å². The van der Waals surface area contributed by atoms with E-state index in [4.69, 9.17) is 37.9 Å². The lowest BCUT2D eigenvalue weighted by Gasteiger charge is -2.42. The third-order valence-corrected chi connectivity index (χ3v) is 8.48. The van der Waals surface area contributed by atoms with Crippen LogP contribution in [0.2, 0.25) is 10.0 Å². The highest BCUT2D eigenvalue weighted by Crippen LogP contribution is 2.35. The van der Waals surface area contributed by atoms with Gasteiger partial charge in [0.25, 0.3) is 0 Å². The summed E-state index contributed by atoms with van der Waals surface area (Å²) in [6.07, 6.45) is 5.06. The maximum atomic E-state index is 13.1. The van der Waals surface area contributed by atoms with Gasteiger partial charge >= 0.3 is 12.1 Å². The predicted molar refractivity (Wildman–Crippen MR) is 167 cm³/mol. The van der Waals surface area contributed by atoms with Crippen LogP contribution >= 0.6 is 23.2 Å². The number of rotatable bonds is 10. The zero-order chi connectivity index (χ0) is 32.0. The molecule has 0 N–H and O–H groups in total. The van der Waals surface area contributed by atoms with Gasteiger partial charge in [-0.2, -0.15) is 5.26 Å². The quantitative estimate of drug-likeness (QED) is 0.186. The number of hydrogen-bond donors (Lipinski definition) is 0. The molecule has 1 fully saturated rings. The van der Waals surface area contributed by atoms with Gasteiger partial charge in [-0.1, -0.05) is 56.8 Å². The van der Waals surface area contributed by atoms with Crippen molar-refractivity contribution in [3.8, 4) is 11.8 Å². The average molecular weight is 644 g/mol. The molecule has 0 bridgehead atoms. The normalized spacial score (nSPS) is 17.2. The number of esters is 1. The smallest absolute Gasteiger partial charge is 0.420 e. The minimum absolute atomic E-state index is 0.0451. The molecule has 44 heavy (non-hydrogen) atoms. The van der Waals surface area contributed by atoms with Crippen molar-refractivity contribution in [2.24, 2.45) is 11.8 Å². The Labute approximate surface area is 266 Å². The molecule has 1 saturated heterocycles. The van der Waals surface area contributed by atoms with Gasteiger partial charge in [0.1, 0.15) is 25.2 Å². The van der Waals surface area contributed by atoms with Gasteiger partial charge in [0.2, 0.25) is 5.91 Å². The van der Waals surface area contributed by atoms with Crippen LogP contribution in [0.5, 0.6) is 5.75 Å². The van der Waals surface area contributed by atoms with E-state index in [0.717, 1.165) is 19.3 Å². The lowest BCUT2D eigenvalue weighted by molar-refractivity contribution is -0.135. The van der Waals surface area contributed by atoms with Gasteiger partial charge in [-0.25, -0.2) is 19.3 Å². The van der Waals surface area contributed by atoms with Gasteiger partial charge in [0, 0.05) is 32.8 Å². The van der Waals surface area contributed by atoms with Crippen LogP contribution in [0.4, 0.5) is 10.6 Å². The lowest BCUT2D eigenvalue weighted by Crippen LogP contribution is -2.52. The number of nitriles is 1. The summed E-state index contributed by atoms with van der Waals surface area (Å²) >= 11 is 12.7. The Kier molecular flexibility index (Phi) is 11.1. The fraction of sp³-hybridized carbons (Fsp3) is 0.484. The van der Waals surface area contributed by atoms with Crippen molar-refractivity contribution in [1.29, 1.82) is 5.26 Å². The number of amides is 1. The van der Waals surface area contributed by atoms with Crippen LogP contribution in [0.25, 0.3) is 11.0 Å². The van der Waals surface area contributed by atoms with Crippen LogP contribution in [0.1, 0.15) is 58.4 Å². The Morgan fingerprint density at radius 2 is 1.95 bits per heavy atom. The van der Waals surface area contributed by atoms with E-state index in [9.17, 15) is 14.4 Å². The van der Waals surface area contributed by atoms with E-state index in [0.29, 0.717) is 35.5 Å². The molecule has 0 spiro atoms. The van der Waals surface area contributed by atoms with Crippen molar-refractivity contribution in [3.63, 3.8) is 0 Å². The maximum Gasteiger partial charge on any atom is 0.420 e. The summed E-state index contributed by atoms with van der Waals surface area (Å²) in [5.74, 6) is 0.536. The van der Waals surface area contributed by atoms with E-state index in [1.54, 1.807) is 17.2 Å². The maximum absolute atomic E-state index is 13.1. The van der Waals surface area contributed by atoms with E-state index in [-0.39, 0.29) is 59.0 Å². The molecule has 1 unspecified atom stereocenters. The van der Waals surface area contributed by atoms with Gasteiger partial charge in [-0.15, -0.1) is 0 Å². The van der Waals surface area contributed by atoms with Crippen molar-refractivity contribution < 1.29 is 23.9 Å². The zero-order valence-corrected chi connectivity index (χ0v) is 26.8. The highest BCUT2D eigenvalue weighted by Gasteiger charge is 2.33. The number of aromatic nitrogens is 3. The second kappa shape index (κ2) is 14.7. The molecule has 1 aromatic carbocycles. The van der Waals surface area contributed by atoms with Crippen molar-refractivity contribution in [3.05, 3.63) is 46.3 Å². The largest absolute Gasteiger partial charge is 0.444 e. The molecule has 234 valence electrons. The first-order valence-electron chi connectivity index (χ1n) is 14.6. The summed E-state index contributed by atoms with van der Waals surface area (Å²) in [5, 5.41) is 9.86. The number of anilines is 1. The van der Waals surface area contributed by atoms with Crippen LogP contribution in [-0.4, -0.2) is 63.6 Å². The molecule has 2 aromatic heterocycles. The third kappa shape index (κ3) is 7.60. The second-order valence-electron chi connectivity index (χ2n) is 11.3. The Hall–Kier alpha value is -3.88. The van der Waals surface area contributed by atoms with Crippen molar-refractivity contribution >= 4 is 58.0 Å². The van der Waals surface area contributed by atoms with Crippen LogP contribution in [0.3, 0.4) is 0 Å². The fourth-order valence-electron chi connectivity index (χ4n) is 5.53. The lowest BCUT2D eigenvalue weighted by atomic mass is 9.92. The number of benzene rings is 1. The molecule has 1 aliphatic heterocycles. The standard InChI is InChI=1S/C31H36Cl2N6O5/c1-5-6-19(2)13-27(41)44-28-23(32)14-21(15-24(28)33)17-43-31(42)39-12-9-22-29(35-18-36-30(22)39)37(4)25-16-38(11-8-20(25)3)26(40)7-10-34/h9,12,14-15,18-20,25H,5-8,11,13,16-17H2,1-4H3/t19?,20-,25+/m1/s1. The van der Waals surface area contributed by atoms with Gasteiger partial charge in [0.05, 0.1) is 27.5 Å². The predicted octanol–water partition coefficient (Wildman–Crippen LogP) is 6.24. The first-order valence-corrected chi connectivity index (χ1v) is 15.3. The Bertz CT molecular complexity index is 1550. The highest BCUT2D eigenvalue weighted by atomic mass is 35.5. The first kappa shape index (κ1) is 33.0. The Balaban J connectivity index is 1.45. The van der Waals surface area contributed by atoms with Gasteiger partial charge < -0.3 is 19.3 Å². The molecular formula is C31H36Cl2N6O5. The fourth-order valence-corrected chi connectivity index (χ4v) is 6.13. The number of piperidine rings is 1. The van der Waals surface area contributed by atoms with Crippen molar-refractivity contribution in [1.82, 2.24) is 19.4 Å². The molecule has 3 heterocycles. The number of halogens is 2. The molecule has 1 amide bonds. The monoisotopic (exact) mass is 642 g/mol. The minimum atomic E-state index is -0.667. The third-order valence-electron chi connectivity index (χ3n) is 7.92. The summed E-state index contributed by atoms with van der Waals surface area (Å²) in [6, 6.07) is 6.71. The summed E-state index contributed by atoms with van der Waals surface area (Å²) in [4.78, 5) is 50.3. The molecular weight excluding hydrogens is 607 g/mol. The van der Waals surface area contributed by atoms with Gasteiger partial charge in [-0.05, 0) is 42.0 Å². The number of likely N-dealkylation sites (tertiary alicyclic amines) is 1. The number of nitrogens with zero attached hydrogens (tertiary/aromatic N) is 6. The summed E-state index contributed by atoms with van der Waals surface area (Å²) < 4.78 is 12.3. The van der Waals surface area contributed by atoms with Crippen LogP contribution in [-0.2, 0) is 20.9 Å². The number of ether oxygens (including phenoxy) is 2. The summed E-state index contributed by atoms with van der Waals surface area (Å²) in [7, 11) is 1.90. The summed E-state index contributed by atoms with van der Waals surface area (Å²) in [5.41, 5.74) is 0.879. The number of likely N-dealkylation sites (N-methyl/N-ethyl adjacent to an activating group) is 1. The van der Waals surface area contributed by atoms with E-state index in [1.807, 2.05) is 24.9 Å². The number of carbonyl (C=O) groups excluding carboxylic acids is 3. The van der Waals surface area contributed by atoms with E-state index in [2.05, 4.69) is 23.8 Å². The first-order chi connectivity index (χ1) is 21.0. The van der Waals surface area contributed by atoms with E-state index < -0.39 is 12.1 Å². The Morgan fingerprint density at radius 1 is 1.23 bits per heavy atom. The SMILES string of the molecule is CCCC(C)CC(=O)Oc1c(Cl)cc(COC(=O)n2ccc3c(N(C)[C@H]4CN(C(=O)CC#N)CC[C@H]4C)ncnc32)cc1Cl. The molecule has 0 radical (unpaired) electrons. The van der Waals surface area contributed by atoms with Crippen LogP contribution < -0.4 is 9.64 Å². The minimum Gasteiger partial charge on any atom is -0.444 e. The Morgan fingerprint density at radius 3 is 2.64 bits per heavy atom. The molecule has 4 rings (SSSR count). The molecule has 1 aliphatic rings. The molecule has 0 saturated carbocycles. The molecule has 11 nitrogen and oxygen atoms in total. The van der Waals surface area contributed by atoms with Crippen LogP contribution in [0, 0.1) is 23.2 Å². The molecule has 3 aromatic rings. The zero-order valence-electron chi connectivity index (χ0n) is 25.3. The molecule has 3 atom stereocenters. The highest BCUT2D eigenvalue weighted by molar-refractivity contribution is 6.37. The second-order valence-corrected chi connectivity index (χ2v) is 12.1.